The molecule has 3 heteroatoms. The van der Waals surface area contributed by atoms with Crippen molar-refractivity contribution in [3.05, 3.63) is 0 Å². The molecule has 1 saturated heterocycles. The zero-order valence-corrected chi connectivity index (χ0v) is 10.8. The molecule has 0 bridgehead atoms. The van der Waals surface area contributed by atoms with E-state index in [0.717, 1.165) is 32.7 Å². The number of likely N-dealkylation sites (tertiary alicyclic amines) is 1. The van der Waals surface area contributed by atoms with Crippen LogP contribution in [0, 0.1) is 5.92 Å². The third-order valence-electron chi connectivity index (χ3n) is 3.42. The van der Waals surface area contributed by atoms with Gasteiger partial charge in [0.25, 0.3) is 0 Å². The van der Waals surface area contributed by atoms with Crippen molar-refractivity contribution in [2.75, 3.05) is 32.8 Å². The predicted molar refractivity (Wildman–Crippen MR) is 66.6 cm³/mol. The molecule has 1 aliphatic rings. The Morgan fingerprint density at radius 1 is 1.44 bits per heavy atom. The molecule has 3 nitrogen and oxygen atoms in total. The molecule has 96 valence electrons. The maximum Gasteiger partial charge on any atom is 0.0593 e. The molecule has 0 amide bonds. The molecule has 1 N–H and O–H groups in total. The summed E-state index contributed by atoms with van der Waals surface area (Å²) in [5.41, 5.74) is 0. The largest absolute Gasteiger partial charge is 0.393 e. The lowest BCUT2D eigenvalue weighted by Crippen LogP contribution is -2.41. The Kier molecular flexibility index (Phi) is 7.01. The van der Waals surface area contributed by atoms with Gasteiger partial charge in [0, 0.05) is 19.7 Å². The topological polar surface area (TPSA) is 32.7 Å². The van der Waals surface area contributed by atoms with Crippen molar-refractivity contribution >= 4 is 0 Å². The summed E-state index contributed by atoms with van der Waals surface area (Å²) in [6.45, 7) is 9.05. The van der Waals surface area contributed by atoms with Gasteiger partial charge in [-0.3, -0.25) is 0 Å². The van der Waals surface area contributed by atoms with Crippen molar-refractivity contribution in [1.29, 1.82) is 0 Å². The summed E-state index contributed by atoms with van der Waals surface area (Å²) < 4.78 is 5.57. The molecular formula is C13H27NO2. The fourth-order valence-electron chi connectivity index (χ4n) is 2.23. The highest BCUT2D eigenvalue weighted by Crippen LogP contribution is 2.19. The predicted octanol–water partition coefficient (Wildman–Crippen LogP) is 1.90. The highest BCUT2D eigenvalue weighted by Gasteiger charge is 2.22. The van der Waals surface area contributed by atoms with E-state index in [4.69, 9.17) is 4.74 Å². The normalized spacial score (nSPS) is 24.6. The Bertz CT molecular complexity index is 173. The Hall–Kier alpha value is -0.120. The minimum Gasteiger partial charge on any atom is -0.393 e. The first-order valence-corrected chi connectivity index (χ1v) is 6.72. The van der Waals surface area contributed by atoms with Crippen LogP contribution in [-0.4, -0.2) is 49.0 Å². The Morgan fingerprint density at radius 2 is 2.25 bits per heavy atom. The van der Waals surface area contributed by atoms with Crippen LogP contribution in [0.5, 0.6) is 0 Å². The van der Waals surface area contributed by atoms with E-state index < -0.39 is 0 Å². The second-order valence-electron chi connectivity index (χ2n) is 4.91. The number of rotatable bonds is 7. The summed E-state index contributed by atoms with van der Waals surface area (Å²) in [7, 11) is 0. The first kappa shape index (κ1) is 13.9. The molecule has 0 spiro atoms. The lowest BCUT2D eigenvalue weighted by Gasteiger charge is -2.33. The van der Waals surface area contributed by atoms with Gasteiger partial charge in [-0.1, -0.05) is 13.3 Å². The molecular weight excluding hydrogens is 202 g/mol. The molecule has 0 radical (unpaired) electrons. The van der Waals surface area contributed by atoms with Crippen molar-refractivity contribution < 1.29 is 9.84 Å². The van der Waals surface area contributed by atoms with Crippen LogP contribution in [0.2, 0.25) is 0 Å². The second-order valence-corrected chi connectivity index (χ2v) is 4.91. The number of ether oxygens (including phenoxy) is 1. The molecule has 1 fully saturated rings. The summed E-state index contributed by atoms with van der Waals surface area (Å²) in [5.74, 6) is 0.462. The van der Waals surface area contributed by atoms with E-state index in [1.807, 2.05) is 6.92 Å². The number of piperidine rings is 1. The molecule has 0 saturated carbocycles. The number of nitrogens with zero attached hydrogens (tertiary/aromatic N) is 1. The number of hydrogen-bond acceptors (Lipinski definition) is 3. The average Bonchev–Trinajstić information content (AvgIpc) is 2.29. The smallest absolute Gasteiger partial charge is 0.0593 e. The lowest BCUT2D eigenvalue weighted by atomic mass is 9.93. The van der Waals surface area contributed by atoms with E-state index >= 15 is 0 Å². The van der Waals surface area contributed by atoms with Gasteiger partial charge in [0.2, 0.25) is 0 Å². The summed E-state index contributed by atoms with van der Waals surface area (Å²) in [6, 6.07) is 0. The van der Waals surface area contributed by atoms with Crippen LogP contribution in [0.15, 0.2) is 0 Å². The zero-order chi connectivity index (χ0) is 11.8. The van der Waals surface area contributed by atoms with E-state index in [1.165, 1.54) is 25.8 Å². The van der Waals surface area contributed by atoms with Crippen LogP contribution >= 0.6 is 0 Å². The van der Waals surface area contributed by atoms with Crippen LogP contribution < -0.4 is 0 Å². The fraction of sp³-hybridized carbons (Fsp3) is 1.00. The van der Waals surface area contributed by atoms with Crippen molar-refractivity contribution in [2.45, 2.75) is 45.6 Å². The van der Waals surface area contributed by atoms with Crippen LogP contribution in [0.4, 0.5) is 0 Å². The van der Waals surface area contributed by atoms with Gasteiger partial charge in [0.1, 0.15) is 0 Å². The number of aliphatic hydroxyl groups excluding tert-OH is 1. The molecule has 0 aliphatic carbocycles. The minimum absolute atomic E-state index is 0.163. The van der Waals surface area contributed by atoms with Crippen LogP contribution in [0.25, 0.3) is 0 Å². The summed E-state index contributed by atoms with van der Waals surface area (Å²) >= 11 is 0. The second kappa shape index (κ2) is 8.04. The van der Waals surface area contributed by atoms with Gasteiger partial charge in [-0.25, -0.2) is 0 Å². The Morgan fingerprint density at radius 3 is 2.94 bits per heavy atom. The first-order chi connectivity index (χ1) is 7.74. The number of unbranched alkanes of at least 4 members (excludes halogenated alkanes) is 1. The van der Waals surface area contributed by atoms with Crippen LogP contribution in [-0.2, 0) is 4.74 Å². The van der Waals surface area contributed by atoms with Gasteiger partial charge in [-0.2, -0.15) is 0 Å². The first-order valence-electron chi connectivity index (χ1n) is 6.72. The Balaban J connectivity index is 2.07. The maximum atomic E-state index is 9.58. The molecule has 1 rings (SSSR count). The minimum atomic E-state index is -0.163. The van der Waals surface area contributed by atoms with Gasteiger partial charge in [0.15, 0.2) is 0 Å². The maximum absolute atomic E-state index is 9.58. The van der Waals surface area contributed by atoms with Gasteiger partial charge < -0.3 is 14.7 Å². The molecule has 1 heterocycles. The Labute approximate surface area is 99.8 Å². The van der Waals surface area contributed by atoms with Crippen molar-refractivity contribution in [1.82, 2.24) is 4.90 Å². The fourth-order valence-corrected chi connectivity index (χ4v) is 2.23. The van der Waals surface area contributed by atoms with Crippen molar-refractivity contribution in [3.8, 4) is 0 Å². The van der Waals surface area contributed by atoms with Crippen LogP contribution in [0.1, 0.15) is 39.5 Å². The van der Waals surface area contributed by atoms with Gasteiger partial charge in [-0.15, -0.1) is 0 Å². The molecule has 0 aromatic rings. The SMILES string of the molecule is CCCCOCCN1CCCC(C(C)O)C1. The highest BCUT2D eigenvalue weighted by atomic mass is 16.5. The van der Waals surface area contributed by atoms with Crippen LogP contribution in [0.3, 0.4) is 0 Å². The third-order valence-corrected chi connectivity index (χ3v) is 3.42. The van der Waals surface area contributed by atoms with E-state index in [2.05, 4.69) is 11.8 Å². The van der Waals surface area contributed by atoms with Gasteiger partial charge in [-0.05, 0) is 38.6 Å². The molecule has 16 heavy (non-hydrogen) atoms. The van der Waals surface area contributed by atoms with E-state index in [9.17, 15) is 5.11 Å². The highest BCUT2D eigenvalue weighted by molar-refractivity contribution is 4.76. The number of hydrogen-bond donors (Lipinski definition) is 1. The molecule has 2 unspecified atom stereocenters. The summed E-state index contributed by atoms with van der Waals surface area (Å²) in [6.07, 6.45) is 4.59. The van der Waals surface area contributed by atoms with E-state index in [0.29, 0.717) is 5.92 Å². The standard InChI is InChI=1S/C13H27NO2/c1-3-4-9-16-10-8-14-7-5-6-13(11-14)12(2)15/h12-13,15H,3-11H2,1-2H3. The average molecular weight is 229 g/mol. The third kappa shape index (κ3) is 5.28. The zero-order valence-electron chi connectivity index (χ0n) is 10.8. The molecule has 0 aromatic heterocycles. The van der Waals surface area contributed by atoms with Crippen molar-refractivity contribution in [3.63, 3.8) is 0 Å². The monoisotopic (exact) mass is 229 g/mol. The summed E-state index contributed by atoms with van der Waals surface area (Å²) in [5, 5.41) is 9.58. The van der Waals surface area contributed by atoms with E-state index in [1.54, 1.807) is 0 Å². The number of aliphatic hydroxyl groups is 1. The van der Waals surface area contributed by atoms with Gasteiger partial charge >= 0.3 is 0 Å². The van der Waals surface area contributed by atoms with E-state index in [-0.39, 0.29) is 6.10 Å². The molecule has 2 atom stereocenters. The molecule has 0 aromatic carbocycles. The molecule has 1 aliphatic heterocycles. The summed E-state index contributed by atoms with van der Waals surface area (Å²) in [4.78, 5) is 2.42. The quantitative estimate of drug-likeness (QED) is 0.677. The van der Waals surface area contributed by atoms with Gasteiger partial charge in [0.05, 0.1) is 12.7 Å². The lowest BCUT2D eigenvalue weighted by molar-refractivity contribution is 0.0425. The van der Waals surface area contributed by atoms with Crippen molar-refractivity contribution in [2.24, 2.45) is 5.92 Å².